The molecule has 0 atom stereocenters. The Bertz CT molecular complexity index is 669. The minimum atomic E-state index is 0.195. The van der Waals surface area contributed by atoms with Crippen LogP contribution < -0.4 is 10.6 Å². The zero-order chi connectivity index (χ0) is 15.5. The molecule has 116 valence electrons. The quantitative estimate of drug-likeness (QED) is 0.902. The van der Waals surface area contributed by atoms with Crippen LogP contribution in [0, 0.1) is 0 Å². The second-order valence-electron chi connectivity index (χ2n) is 5.34. The molecule has 2 aromatic rings. The summed E-state index contributed by atoms with van der Waals surface area (Å²) in [6, 6.07) is 5.20. The van der Waals surface area contributed by atoms with Crippen molar-refractivity contribution in [1.82, 2.24) is 15.0 Å². The van der Waals surface area contributed by atoms with E-state index in [9.17, 15) is 0 Å². The van der Waals surface area contributed by atoms with Gasteiger partial charge in [-0.05, 0) is 31.0 Å². The van der Waals surface area contributed by atoms with Crippen molar-refractivity contribution in [2.24, 2.45) is 0 Å². The van der Waals surface area contributed by atoms with Gasteiger partial charge in [0, 0.05) is 23.7 Å². The van der Waals surface area contributed by atoms with Crippen LogP contribution in [0.3, 0.4) is 0 Å². The van der Waals surface area contributed by atoms with Crippen molar-refractivity contribution in [1.29, 1.82) is 0 Å². The fourth-order valence-corrected chi connectivity index (χ4v) is 2.96. The average molecular weight is 338 g/mol. The number of nitrogen functional groups attached to an aromatic ring is 1. The Hall–Kier alpha value is -1.59. The van der Waals surface area contributed by atoms with Crippen LogP contribution in [0.25, 0.3) is 11.4 Å². The Morgan fingerprint density at radius 2 is 1.68 bits per heavy atom. The number of halogens is 2. The summed E-state index contributed by atoms with van der Waals surface area (Å²) in [4.78, 5) is 15.2. The van der Waals surface area contributed by atoms with Gasteiger partial charge in [0.15, 0.2) is 5.82 Å². The van der Waals surface area contributed by atoms with Crippen LogP contribution in [0.15, 0.2) is 18.2 Å². The van der Waals surface area contributed by atoms with Gasteiger partial charge < -0.3 is 10.6 Å². The van der Waals surface area contributed by atoms with Crippen LogP contribution in [-0.2, 0) is 0 Å². The Labute approximate surface area is 139 Å². The molecule has 0 aliphatic carbocycles. The van der Waals surface area contributed by atoms with Crippen molar-refractivity contribution in [3.05, 3.63) is 28.2 Å². The summed E-state index contributed by atoms with van der Waals surface area (Å²) in [5.41, 5.74) is 6.53. The van der Waals surface area contributed by atoms with Gasteiger partial charge >= 0.3 is 0 Å². The third kappa shape index (κ3) is 3.42. The molecule has 1 aliphatic rings. The standard InChI is InChI=1S/C15H17Cl2N5/c16-10-5-6-12(17)11(9-10)13-19-14(18)21-15(20-13)22-7-3-1-2-4-8-22/h5-6,9H,1-4,7-8H2,(H2,18,19,20,21). The highest BCUT2D eigenvalue weighted by Crippen LogP contribution is 2.29. The summed E-state index contributed by atoms with van der Waals surface area (Å²) < 4.78 is 0. The van der Waals surface area contributed by atoms with Gasteiger partial charge in [-0.15, -0.1) is 0 Å². The molecule has 1 aliphatic heterocycles. The van der Waals surface area contributed by atoms with Gasteiger partial charge in [0.05, 0.1) is 5.02 Å². The van der Waals surface area contributed by atoms with Crippen LogP contribution in [0.1, 0.15) is 25.7 Å². The molecule has 0 amide bonds. The molecular weight excluding hydrogens is 321 g/mol. The summed E-state index contributed by atoms with van der Waals surface area (Å²) in [5.74, 6) is 1.26. The van der Waals surface area contributed by atoms with Gasteiger partial charge in [-0.25, -0.2) is 0 Å². The minimum absolute atomic E-state index is 0.195. The molecule has 5 nitrogen and oxygen atoms in total. The van der Waals surface area contributed by atoms with Gasteiger partial charge in [-0.3, -0.25) is 0 Å². The second kappa shape index (κ2) is 6.67. The molecule has 3 rings (SSSR count). The minimum Gasteiger partial charge on any atom is -0.368 e. The van der Waals surface area contributed by atoms with Crippen LogP contribution >= 0.6 is 23.2 Å². The summed E-state index contributed by atoms with van der Waals surface area (Å²) in [6.07, 6.45) is 4.76. The smallest absolute Gasteiger partial charge is 0.230 e. The van der Waals surface area contributed by atoms with E-state index in [1.165, 1.54) is 12.8 Å². The maximum atomic E-state index is 6.23. The first-order chi connectivity index (χ1) is 10.6. The van der Waals surface area contributed by atoms with Crippen LogP contribution in [0.5, 0.6) is 0 Å². The number of rotatable bonds is 2. The normalized spacial score (nSPS) is 15.6. The van der Waals surface area contributed by atoms with E-state index >= 15 is 0 Å². The lowest BCUT2D eigenvalue weighted by Gasteiger charge is -2.20. The number of hydrogen-bond donors (Lipinski definition) is 1. The van der Waals surface area contributed by atoms with Crippen molar-refractivity contribution in [2.45, 2.75) is 25.7 Å². The third-order valence-electron chi connectivity index (χ3n) is 3.70. The van der Waals surface area contributed by atoms with Crippen molar-refractivity contribution in [2.75, 3.05) is 23.7 Å². The lowest BCUT2D eigenvalue weighted by molar-refractivity contribution is 0.726. The average Bonchev–Trinajstić information content (AvgIpc) is 2.78. The van der Waals surface area contributed by atoms with E-state index in [1.54, 1.807) is 18.2 Å². The van der Waals surface area contributed by atoms with Crippen LogP contribution in [-0.4, -0.2) is 28.0 Å². The molecule has 7 heteroatoms. The monoisotopic (exact) mass is 337 g/mol. The van der Waals surface area contributed by atoms with Gasteiger partial charge in [-0.2, -0.15) is 15.0 Å². The van der Waals surface area contributed by atoms with Crippen molar-refractivity contribution >= 4 is 35.1 Å². The first-order valence-electron chi connectivity index (χ1n) is 7.35. The summed E-state index contributed by atoms with van der Waals surface area (Å²) in [7, 11) is 0. The van der Waals surface area contributed by atoms with Crippen LogP contribution in [0.2, 0.25) is 10.0 Å². The lowest BCUT2D eigenvalue weighted by atomic mass is 10.2. The highest BCUT2D eigenvalue weighted by atomic mass is 35.5. The Morgan fingerprint density at radius 3 is 2.41 bits per heavy atom. The molecule has 1 aromatic heterocycles. The van der Waals surface area contributed by atoms with Crippen molar-refractivity contribution < 1.29 is 0 Å². The number of anilines is 2. The summed E-state index contributed by atoms with van der Waals surface area (Å²) in [5, 5.41) is 1.12. The highest BCUT2D eigenvalue weighted by Gasteiger charge is 2.16. The third-order valence-corrected chi connectivity index (χ3v) is 4.26. The van der Waals surface area contributed by atoms with E-state index in [2.05, 4.69) is 19.9 Å². The molecular formula is C15H17Cl2N5. The first-order valence-corrected chi connectivity index (χ1v) is 8.11. The Kier molecular flexibility index (Phi) is 4.64. The molecule has 0 radical (unpaired) electrons. The fraction of sp³-hybridized carbons (Fsp3) is 0.400. The van der Waals surface area contributed by atoms with Gasteiger partial charge in [0.2, 0.25) is 11.9 Å². The van der Waals surface area contributed by atoms with Crippen LogP contribution in [0.4, 0.5) is 11.9 Å². The number of nitrogens with two attached hydrogens (primary N) is 1. The zero-order valence-electron chi connectivity index (χ0n) is 12.1. The molecule has 0 unspecified atom stereocenters. The Balaban J connectivity index is 2.00. The van der Waals surface area contributed by atoms with E-state index in [4.69, 9.17) is 28.9 Å². The summed E-state index contributed by atoms with van der Waals surface area (Å²) >= 11 is 12.3. The summed E-state index contributed by atoms with van der Waals surface area (Å²) in [6.45, 7) is 1.87. The van der Waals surface area contributed by atoms with E-state index in [-0.39, 0.29) is 5.95 Å². The molecule has 22 heavy (non-hydrogen) atoms. The lowest BCUT2D eigenvalue weighted by Crippen LogP contribution is -2.26. The number of benzene rings is 1. The predicted molar refractivity (Wildman–Crippen MR) is 90.4 cm³/mol. The van der Waals surface area contributed by atoms with Gasteiger partial charge in [-0.1, -0.05) is 36.0 Å². The van der Waals surface area contributed by atoms with E-state index in [1.807, 2.05) is 0 Å². The largest absolute Gasteiger partial charge is 0.368 e. The first kappa shape index (κ1) is 15.3. The van der Waals surface area contributed by atoms with Gasteiger partial charge in [0.1, 0.15) is 0 Å². The topological polar surface area (TPSA) is 67.9 Å². The molecule has 1 fully saturated rings. The highest BCUT2D eigenvalue weighted by molar-refractivity contribution is 6.35. The maximum absolute atomic E-state index is 6.23. The number of nitrogens with zero attached hydrogens (tertiary/aromatic N) is 4. The molecule has 1 aromatic carbocycles. The Morgan fingerprint density at radius 1 is 0.955 bits per heavy atom. The van der Waals surface area contributed by atoms with E-state index < -0.39 is 0 Å². The number of aromatic nitrogens is 3. The molecule has 0 bridgehead atoms. The number of hydrogen-bond acceptors (Lipinski definition) is 5. The molecule has 2 heterocycles. The zero-order valence-corrected chi connectivity index (χ0v) is 13.6. The maximum Gasteiger partial charge on any atom is 0.230 e. The SMILES string of the molecule is Nc1nc(-c2cc(Cl)ccc2Cl)nc(N2CCCCCC2)n1. The molecule has 1 saturated heterocycles. The second-order valence-corrected chi connectivity index (χ2v) is 6.19. The van der Waals surface area contributed by atoms with Gasteiger partial charge in [0.25, 0.3) is 0 Å². The van der Waals surface area contributed by atoms with Crippen molar-refractivity contribution in [3.63, 3.8) is 0 Å². The predicted octanol–water partition coefficient (Wildman–Crippen LogP) is 3.81. The fourth-order valence-electron chi connectivity index (χ4n) is 2.58. The van der Waals surface area contributed by atoms with E-state index in [0.717, 1.165) is 25.9 Å². The molecule has 0 spiro atoms. The van der Waals surface area contributed by atoms with Crippen molar-refractivity contribution in [3.8, 4) is 11.4 Å². The molecule has 0 saturated carbocycles. The molecule has 2 N–H and O–H groups in total. The van der Waals surface area contributed by atoms with E-state index in [0.29, 0.717) is 27.4 Å².